The van der Waals surface area contributed by atoms with Gasteiger partial charge in [-0.25, -0.2) is 0 Å². The molecule has 6 saturated carbocycles. The summed E-state index contributed by atoms with van der Waals surface area (Å²) in [6, 6.07) is 3.54. The minimum atomic E-state index is -1.58. The van der Waals surface area contributed by atoms with Crippen LogP contribution in [0.2, 0.25) is 23.7 Å². The molecule has 0 spiro atoms. The van der Waals surface area contributed by atoms with Crippen molar-refractivity contribution in [3.8, 4) is 0 Å². The van der Waals surface area contributed by atoms with Gasteiger partial charge in [0.05, 0.1) is 13.7 Å². The van der Waals surface area contributed by atoms with Crippen molar-refractivity contribution < 1.29 is 4.74 Å². The van der Waals surface area contributed by atoms with Crippen LogP contribution in [0.15, 0.2) is 0 Å². The van der Waals surface area contributed by atoms with Crippen LogP contribution in [0.5, 0.6) is 0 Å². The maximum atomic E-state index is 6.14. The summed E-state index contributed by atoms with van der Waals surface area (Å²) < 4.78 is 6.14. The van der Waals surface area contributed by atoms with E-state index in [1.165, 1.54) is 50.5 Å². The summed E-state index contributed by atoms with van der Waals surface area (Å²) in [6.07, 6.45) is 29.1. The predicted octanol–water partition coefficient (Wildman–Crippen LogP) is 11.4. The van der Waals surface area contributed by atoms with Crippen LogP contribution in [0.1, 0.15) is 150 Å². The highest BCUT2D eigenvalue weighted by atomic mass is 28.3. The lowest BCUT2D eigenvalue weighted by Gasteiger charge is -2.52. The van der Waals surface area contributed by atoms with Crippen molar-refractivity contribution in [1.82, 2.24) is 4.90 Å². The first-order chi connectivity index (χ1) is 21.2. The summed E-state index contributed by atoms with van der Waals surface area (Å²) in [5.74, 6) is 9.65. The molecule has 7 aliphatic rings. The molecule has 0 amide bonds. The smallest absolute Gasteiger partial charge is 0.0598 e. The highest BCUT2D eigenvalue weighted by molar-refractivity contribution is 6.81. The molecule has 0 radical (unpaired) electrons. The Balaban J connectivity index is 1.21. The molecule has 13 atom stereocenters. The maximum Gasteiger partial charge on any atom is 0.0598 e. The van der Waals surface area contributed by atoms with E-state index in [1.54, 1.807) is 83.1 Å². The lowest BCUT2D eigenvalue weighted by Crippen LogP contribution is -2.51. The molecule has 252 valence electrons. The van der Waals surface area contributed by atoms with Crippen LogP contribution in [-0.2, 0) is 4.74 Å². The van der Waals surface area contributed by atoms with Crippen LogP contribution < -0.4 is 0 Å². The molecule has 0 aromatic heterocycles. The first-order valence-electron chi connectivity index (χ1n) is 20.5. The third kappa shape index (κ3) is 5.88. The molecule has 0 aromatic carbocycles. The van der Waals surface area contributed by atoms with Gasteiger partial charge in [0.1, 0.15) is 0 Å². The van der Waals surface area contributed by atoms with Crippen LogP contribution in [0.4, 0.5) is 0 Å². The topological polar surface area (TPSA) is 12.5 Å². The fraction of sp³-hybridized carbons (Fsp3) is 1.00. The SMILES string of the molecule is CC1CCC2C(C1)C1C(C3CCCCC3C1[Si](C)(CCCCCCOC(C)(C)C)C1C3CCCCC3C3CCCCC31)N2C. The standard InChI is InChI=1S/C41H73NOSi/c1-28-23-24-36-35(27-28)37-38(42(36)5)31-19-11-14-22-34(31)40(37)44(6,26-16-8-7-15-25-43-41(2,3)4)39-32-20-12-9-17-29(32)30-18-10-13-21-33(30)39/h28-40H,7-27H2,1-6H3. The molecule has 1 aliphatic heterocycles. The Kier molecular flexibility index (Phi) is 9.81. The van der Waals surface area contributed by atoms with Gasteiger partial charge in [-0.2, -0.15) is 0 Å². The number of ether oxygens (including phenoxy) is 1. The first-order valence-corrected chi connectivity index (χ1v) is 23.4. The largest absolute Gasteiger partial charge is 0.376 e. The average Bonchev–Trinajstić information content (AvgIpc) is 3.62. The molecule has 13 unspecified atom stereocenters. The highest BCUT2D eigenvalue weighted by Gasteiger charge is 2.68. The van der Waals surface area contributed by atoms with E-state index < -0.39 is 8.07 Å². The van der Waals surface area contributed by atoms with Gasteiger partial charge in [0.2, 0.25) is 0 Å². The second-order valence-corrected chi connectivity index (χ2v) is 24.2. The fourth-order valence-corrected chi connectivity index (χ4v) is 22.6. The molecule has 0 bridgehead atoms. The zero-order valence-electron chi connectivity index (χ0n) is 30.2. The van der Waals surface area contributed by atoms with Gasteiger partial charge >= 0.3 is 0 Å². The van der Waals surface area contributed by atoms with Crippen molar-refractivity contribution in [3.63, 3.8) is 0 Å². The number of unbranched alkanes of at least 4 members (excludes halogenated alkanes) is 3. The normalized spacial score (nSPS) is 46.9. The number of hydrogen-bond donors (Lipinski definition) is 0. The number of rotatable bonds is 9. The Hall–Kier alpha value is 0.137. The van der Waals surface area contributed by atoms with Crippen molar-refractivity contribution in [2.75, 3.05) is 13.7 Å². The quantitative estimate of drug-likeness (QED) is 0.187. The lowest BCUT2D eigenvalue weighted by molar-refractivity contribution is -0.00471. The van der Waals surface area contributed by atoms with E-state index in [-0.39, 0.29) is 5.60 Å². The van der Waals surface area contributed by atoms with Gasteiger partial charge in [0.15, 0.2) is 0 Å². The van der Waals surface area contributed by atoms with Crippen molar-refractivity contribution in [1.29, 1.82) is 0 Å². The lowest BCUT2D eigenvalue weighted by atomic mass is 9.73. The van der Waals surface area contributed by atoms with Gasteiger partial charge in [-0.3, -0.25) is 4.90 Å². The van der Waals surface area contributed by atoms with Gasteiger partial charge < -0.3 is 4.74 Å². The molecule has 0 aromatic rings. The fourth-order valence-electron chi connectivity index (χ4n) is 14.9. The van der Waals surface area contributed by atoms with Crippen LogP contribution in [0.25, 0.3) is 0 Å². The Labute approximate surface area is 275 Å². The molecular weight excluding hydrogens is 551 g/mol. The van der Waals surface area contributed by atoms with E-state index in [9.17, 15) is 0 Å². The van der Waals surface area contributed by atoms with Gasteiger partial charge in [0.25, 0.3) is 0 Å². The molecule has 1 saturated heterocycles. The van der Waals surface area contributed by atoms with Gasteiger partial charge in [0, 0.05) is 18.7 Å². The average molecular weight is 624 g/mol. The minimum absolute atomic E-state index is 0.0134. The molecule has 2 nitrogen and oxygen atoms in total. The summed E-state index contributed by atoms with van der Waals surface area (Å²) in [4.78, 5) is 3.08. The molecule has 1 heterocycles. The van der Waals surface area contributed by atoms with E-state index in [0.717, 1.165) is 77.5 Å². The third-order valence-electron chi connectivity index (χ3n) is 16.1. The minimum Gasteiger partial charge on any atom is -0.376 e. The molecule has 6 aliphatic carbocycles. The summed E-state index contributed by atoms with van der Waals surface area (Å²) in [6.45, 7) is 13.4. The van der Waals surface area contributed by atoms with E-state index in [4.69, 9.17) is 4.74 Å². The number of hydrogen-bond acceptors (Lipinski definition) is 2. The zero-order chi connectivity index (χ0) is 30.6. The van der Waals surface area contributed by atoms with E-state index in [0.29, 0.717) is 0 Å². The highest BCUT2D eigenvalue weighted by Crippen LogP contribution is 2.72. The third-order valence-corrected chi connectivity index (χ3v) is 22.2. The van der Waals surface area contributed by atoms with Gasteiger partial charge in [-0.15, -0.1) is 0 Å². The van der Waals surface area contributed by atoms with Crippen molar-refractivity contribution >= 4 is 8.07 Å². The number of likely N-dealkylation sites (tertiary alicyclic amines) is 1. The Morgan fingerprint density at radius 1 is 0.636 bits per heavy atom. The number of nitrogens with zero attached hydrogens (tertiary/aromatic N) is 1. The predicted molar refractivity (Wildman–Crippen MR) is 190 cm³/mol. The van der Waals surface area contributed by atoms with Crippen LogP contribution in [0.3, 0.4) is 0 Å². The van der Waals surface area contributed by atoms with Crippen molar-refractivity contribution in [2.24, 2.45) is 53.3 Å². The second kappa shape index (κ2) is 13.2. The van der Waals surface area contributed by atoms with Crippen LogP contribution in [0, 0.1) is 53.3 Å². The summed E-state index contributed by atoms with van der Waals surface area (Å²) >= 11 is 0. The molecule has 3 heteroatoms. The van der Waals surface area contributed by atoms with E-state index >= 15 is 0 Å². The van der Waals surface area contributed by atoms with Crippen LogP contribution >= 0.6 is 0 Å². The zero-order valence-corrected chi connectivity index (χ0v) is 31.2. The Morgan fingerprint density at radius 2 is 1.18 bits per heavy atom. The second-order valence-electron chi connectivity index (χ2n) is 19.4. The maximum absolute atomic E-state index is 6.14. The molecule has 0 N–H and O–H groups in total. The first kappa shape index (κ1) is 32.7. The van der Waals surface area contributed by atoms with Crippen molar-refractivity contribution in [2.45, 2.75) is 191 Å². The monoisotopic (exact) mass is 624 g/mol. The van der Waals surface area contributed by atoms with E-state index in [2.05, 4.69) is 46.2 Å². The Bertz CT molecular complexity index is 939. The summed E-state index contributed by atoms with van der Waals surface area (Å²) in [7, 11) is 1.06. The van der Waals surface area contributed by atoms with Crippen molar-refractivity contribution in [3.05, 3.63) is 0 Å². The molecular formula is C41H73NOSi. The molecule has 7 fully saturated rings. The number of fused-ring (bicyclic) bond motifs is 8. The van der Waals surface area contributed by atoms with E-state index in [1.807, 2.05) is 0 Å². The van der Waals surface area contributed by atoms with Gasteiger partial charge in [-0.05, 0) is 137 Å². The Morgan fingerprint density at radius 3 is 1.80 bits per heavy atom. The van der Waals surface area contributed by atoms with Crippen LogP contribution in [-0.4, -0.2) is 44.3 Å². The molecule has 7 rings (SSSR count). The summed E-state index contributed by atoms with van der Waals surface area (Å²) in [5, 5.41) is 0. The summed E-state index contributed by atoms with van der Waals surface area (Å²) in [5.41, 5.74) is 2.32. The molecule has 44 heavy (non-hydrogen) atoms. The van der Waals surface area contributed by atoms with Gasteiger partial charge in [-0.1, -0.05) is 96.6 Å².